The average molecular weight is 346 g/mol. The van der Waals surface area contributed by atoms with Crippen molar-refractivity contribution >= 4 is 24.7 Å². The van der Waals surface area contributed by atoms with E-state index in [9.17, 15) is 9.59 Å². The number of benzene rings is 1. The molecule has 0 N–H and O–H groups in total. The van der Waals surface area contributed by atoms with Crippen LogP contribution >= 0.6 is 12.6 Å². The summed E-state index contributed by atoms with van der Waals surface area (Å²) in [5, 5.41) is 8.66. The molecular formula is C16H18N4O3S. The van der Waals surface area contributed by atoms with E-state index in [-0.39, 0.29) is 5.92 Å². The maximum atomic E-state index is 12.1. The van der Waals surface area contributed by atoms with Crippen LogP contribution in [0.4, 0.5) is 4.79 Å². The van der Waals surface area contributed by atoms with Crippen LogP contribution in [0.5, 0.6) is 0 Å². The first kappa shape index (κ1) is 16.5. The van der Waals surface area contributed by atoms with E-state index in [2.05, 4.69) is 22.8 Å². The highest BCUT2D eigenvalue weighted by molar-refractivity contribution is 7.80. The Balaban J connectivity index is 1.55. The van der Waals surface area contributed by atoms with Crippen molar-refractivity contribution in [3.05, 3.63) is 41.7 Å². The second kappa shape index (κ2) is 7.04. The van der Waals surface area contributed by atoms with E-state index in [0.29, 0.717) is 23.8 Å². The molecule has 126 valence electrons. The third kappa shape index (κ3) is 3.43. The molecule has 0 bridgehead atoms. The molecule has 2 heterocycles. The van der Waals surface area contributed by atoms with Crippen LogP contribution in [-0.2, 0) is 11.8 Å². The van der Waals surface area contributed by atoms with Gasteiger partial charge in [-0.25, -0.2) is 9.59 Å². The third-order valence-corrected chi connectivity index (χ3v) is 4.58. The zero-order valence-electron chi connectivity index (χ0n) is 13.3. The second-order valence-corrected chi connectivity index (χ2v) is 6.10. The lowest BCUT2D eigenvalue weighted by atomic mass is 9.96. The molecule has 7 nitrogen and oxygen atoms in total. The number of amides is 1. The molecule has 2 aromatic rings. The molecule has 0 radical (unpaired) electrons. The van der Waals surface area contributed by atoms with Crippen molar-refractivity contribution in [3.63, 3.8) is 0 Å². The molecule has 0 unspecified atom stereocenters. The lowest BCUT2D eigenvalue weighted by Crippen LogP contribution is -2.39. The van der Waals surface area contributed by atoms with Crippen LogP contribution in [0, 0.1) is 0 Å². The number of aromatic nitrogens is 3. The van der Waals surface area contributed by atoms with Gasteiger partial charge in [0, 0.05) is 26.1 Å². The van der Waals surface area contributed by atoms with Crippen LogP contribution in [0.2, 0.25) is 0 Å². The Morgan fingerprint density at radius 2 is 1.83 bits per heavy atom. The fourth-order valence-corrected chi connectivity index (χ4v) is 2.93. The number of carbonyl (C=O) groups excluding carboxylic acids is 2. The van der Waals surface area contributed by atoms with Crippen molar-refractivity contribution in [1.29, 1.82) is 0 Å². The molecule has 1 aliphatic rings. The maximum Gasteiger partial charge on any atom is 0.417 e. The zero-order valence-corrected chi connectivity index (χ0v) is 14.1. The number of carbonyl (C=O) groups is 2. The summed E-state index contributed by atoms with van der Waals surface area (Å²) in [5.41, 5.74) is 0.362. The third-order valence-electron chi connectivity index (χ3n) is 4.19. The second-order valence-electron chi connectivity index (χ2n) is 5.70. The highest BCUT2D eigenvalue weighted by atomic mass is 32.1. The van der Waals surface area contributed by atoms with E-state index in [1.54, 1.807) is 35.2 Å². The van der Waals surface area contributed by atoms with Gasteiger partial charge in [-0.15, -0.1) is 22.8 Å². The summed E-state index contributed by atoms with van der Waals surface area (Å²) in [7, 11) is 1.87. The number of rotatable bonds is 2. The number of piperidine rings is 1. The van der Waals surface area contributed by atoms with Gasteiger partial charge in [0.1, 0.15) is 5.82 Å². The van der Waals surface area contributed by atoms with Crippen LogP contribution in [0.15, 0.2) is 35.5 Å². The van der Waals surface area contributed by atoms with Crippen LogP contribution < -0.4 is 0 Å². The Kier molecular flexibility index (Phi) is 4.84. The Morgan fingerprint density at radius 3 is 2.42 bits per heavy atom. The first-order valence-electron chi connectivity index (χ1n) is 7.70. The maximum absolute atomic E-state index is 12.1. The van der Waals surface area contributed by atoms with Gasteiger partial charge in [0.25, 0.3) is 0 Å². The standard InChI is InChI=1S/C16H18N4O3S/c1-19-13(17-18-15(19)24)11-7-9-20(10-8-11)16(22)23-14(21)12-5-3-2-4-6-12/h2-6,11H,7-10H2,1H3,(H,18,24). The van der Waals surface area contributed by atoms with Gasteiger partial charge in [0.2, 0.25) is 0 Å². The molecule has 1 aromatic carbocycles. The fourth-order valence-electron chi connectivity index (χ4n) is 2.79. The highest BCUT2D eigenvalue weighted by Gasteiger charge is 2.28. The minimum absolute atomic E-state index is 0.220. The smallest absolute Gasteiger partial charge is 0.372 e. The summed E-state index contributed by atoms with van der Waals surface area (Å²) in [5.74, 6) is 0.460. The van der Waals surface area contributed by atoms with E-state index < -0.39 is 12.1 Å². The summed E-state index contributed by atoms with van der Waals surface area (Å²) in [6, 6.07) is 8.48. The molecule has 3 rings (SSSR count). The van der Waals surface area contributed by atoms with Crippen LogP contribution in [0.3, 0.4) is 0 Å². The number of esters is 1. The average Bonchev–Trinajstić information content (AvgIpc) is 2.95. The van der Waals surface area contributed by atoms with Crippen molar-refractivity contribution in [2.75, 3.05) is 13.1 Å². The van der Waals surface area contributed by atoms with Gasteiger partial charge in [-0.1, -0.05) is 18.2 Å². The molecule has 0 spiro atoms. The number of likely N-dealkylation sites (tertiary alicyclic amines) is 1. The lowest BCUT2D eigenvalue weighted by Gasteiger charge is -2.30. The molecule has 1 amide bonds. The summed E-state index contributed by atoms with van der Waals surface area (Å²) in [4.78, 5) is 25.6. The van der Waals surface area contributed by atoms with Crippen molar-refractivity contribution in [1.82, 2.24) is 19.7 Å². The SMILES string of the molecule is Cn1c(S)nnc1C1CCN(C(=O)OC(=O)c2ccccc2)CC1. The Hall–Kier alpha value is -2.35. The minimum atomic E-state index is -0.629. The van der Waals surface area contributed by atoms with Gasteiger partial charge in [0.15, 0.2) is 5.16 Å². The minimum Gasteiger partial charge on any atom is -0.372 e. The Morgan fingerprint density at radius 1 is 1.17 bits per heavy atom. The van der Waals surface area contributed by atoms with E-state index >= 15 is 0 Å². The summed E-state index contributed by atoms with van der Waals surface area (Å²) < 4.78 is 6.80. The molecule has 0 atom stereocenters. The molecule has 8 heteroatoms. The van der Waals surface area contributed by atoms with Crippen LogP contribution in [0.25, 0.3) is 0 Å². The topological polar surface area (TPSA) is 77.3 Å². The summed E-state index contributed by atoms with van der Waals surface area (Å²) in [6.45, 7) is 1.03. The molecule has 24 heavy (non-hydrogen) atoms. The van der Waals surface area contributed by atoms with Crippen LogP contribution in [-0.4, -0.2) is 44.8 Å². The molecule has 1 aliphatic heterocycles. The van der Waals surface area contributed by atoms with Crippen LogP contribution in [0.1, 0.15) is 34.9 Å². The number of hydrogen-bond acceptors (Lipinski definition) is 6. The summed E-state index contributed by atoms with van der Waals surface area (Å²) >= 11 is 4.23. The van der Waals surface area contributed by atoms with Gasteiger partial charge >= 0.3 is 12.1 Å². The monoisotopic (exact) mass is 346 g/mol. The first-order chi connectivity index (χ1) is 11.6. The number of hydrogen-bond donors (Lipinski definition) is 1. The van der Waals surface area contributed by atoms with Crippen molar-refractivity contribution in [2.24, 2.45) is 7.05 Å². The largest absolute Gasteiger partial charge is 0.417 e. The first-order valence-corrected chi connectivity index (χ1v) is 8.15. The van der Waals surface area contributed by atoms with E-state index in [1.807, 2.05) is 11.6 Å². The summed E-state index contributed by atoms with van der Waals surface area (Å²) in [6.07, 6.45) is 0.887. The predicted molar refractivity (Wildman–Crippen MR) is 89.1 cm³/mol. The highest BCUT2D eigenvalue weighted by Crippen LogP contribution is 2.27. The van der Waals surface area contributed by atoms with Gasteiger partial charge in [-0.3, -0.25) is 0 Å². The van der Waals surface area contributed by atoms with E-state index in [1.165, 1.54) is 0 Å². The van der Waals surface area contributed by atoms with Gasteiger partial charge < -0.3 is 14.2 Å². The molecule has 1 fully saturated rings. The number of nitrogens with zero attached hydrogens (tertiary/aromatic N) is 4. The van der Waals surface area contributed by atoms with E-state index in [4.69, 9.17) is 4.74 Å². The Bertz CT molecular complexity index is 739. The lowest BCUT2D eigenvalue weighted by molar-refractivity contribution is 0.0520. The molecule has 1 aromatic heterocycles. The zero-order chi connectivity index (χ0) is 17.1. The fraction of sp³-hybridized carbons (Fsp3) is 0.375. The predicted octanol–water partition coefficient (Wildman–Crippen LogP) is 2.26. The van der Waals surface area contributed by atoms with Gasteiger partial charge in [-0.05, 0) is 25.0 Å². The molecular weight excluding hydrogens is 328 g/mol. The van der Waals surface area contributed by atoms with Crippen molar-refractivity contribution in [3.8, 4) is 0 Å². The molecule has 0 aliphatic carbocycles. The van der Waals surface area contributed by atoms with Gasteiger partial charge in [0.05, 0.1) is 5.56 Å². The Labute approximate surface area is 145 Å². The molecule has 1 saturated heterocycles. The normalized spacial score (nSPS) is 15.3. The molecule has 0 saturated carbocycles. The number of ether oxygens (including phenoxy) is 1. The van der Waals surface area contributed by atoms with E-state index in [0.717, 1.165) is 18.7 Å². The van der Waals surface area contributed by atoms with Crippen molar-refractivity contribution in [2.45, 2.75) is 23.9 Å². The van der Waals surface area contributed by atoms with Crippen molar-refractivity contribution < 1.29 is 14.3 Å². The quantitative estimate of drug-likeness (QED) is 0.513. The number of thiol groups is 1. The van der Waals surface area contributed by atoms with Gasteiger partial charge in [-0.2, -0.15) is 0 Å².